The number of benzene rings is 3. The summed E-state index contributed by atoms with van der Waals surface area (Å²) >= 11 is 7.72. The van der Waals surface area contributed by atoms with Gasteiger partial charge in [0.15, 0.2) is 11.0 Å². The smallest absolute Gasteiger partial charge is 0.226 e. The summed E-state index contributed by atoms with van der Waals surface area (Å²) in [6.45, 7) is 0. The Labute approximate surface area is 198 Å². The van der Waals surface area contributed by atoms with Gasteiger partial charge in [-0.2, -0.15) is 0 Å². The summed E-state index contributed by atoms with van der Waals surface area (Å²) in [5.41, 5.74) is 2.07. The highest BCUT2D eigenvalue weighted by Crippen LogP contribution is 2.33. The lowest BCUT2D eigenvalue weighted by molar-refractivity contribution is 0.474. The molecular weight excluding hydrogens is 461 g/mol. The standard InChI is InChI=1S/C24H17ClFN5OS/c25-18-11-5-4-10-17(18)23-29-30-24(31(23)20-13-7-6-12-19(20)26)33-15-22-28-27-21(32-22)14-16-8-2-1-3-9-16/h1-13H,14-15H2. The van der Waals surface area contributed by atoms with E-state index in [1.807, 2.05) is 48.5 Å². The highest BCUT2D eigenvalue weighted by Gasteiger charge is 2.21. The number of nitrogens with zero attached hydrogens (tertiary/aromatic N) is 5. The molecule has 0 amide bonds. The van der Waals surface area contributed by atoms with Gasteiger partial charge in [-0.15, -0.1) is 20.4 Å². The highest BCUT2D eigenvalue weighted by atomic mass is 35.5. The quantitative estimate of drug-likeness (QED) is 0.268. The summed E-state index contributed by atoms with van der Waals surface area (Å²) in [6.07, 6.45) is 0.556. The molecule has 0 bridgehead atoms. The molecule has 0 atom stereocenters. The van der Waals surface area contributed by atoms with E-state index < -0.39 is 5.82 Å². The first-order chi connectivity index (χ1) is 16.2. The number of para-hydroxylation sites is 1. The average molecular weight is 478 g/mol. The lowest BCUT2D eigenvalue weighted by Gasteiger charge is -2.11. The molecule has 0 saturated heterocycles. The van der Waals surface area contributed by atoms with Crippen LogP contribution in [-0.2, 0) is 12.2 Å². The van der Waals surface area contributed by atoms with E-state index in [0.717, 1.165) is 5.56 Å². The van der Waals surface area contributed by atoms with E-state index in [2.05, 4.69) is 20.4 Å². The fourth-order valence-corrected chi connectivity index (χ4v) is 4.35. The van der Waals surface area contributed by atoms with Gasteiger partial charge in [-0.05, 0) is 29.8 Å². The monoisotopic (exact) mass is 477 g/mol. The fraction of sp³-hybridized carbons (Fsp3) is 0.0833. The van der Waals surface area contributed by atoms with Crippen LogP contribution in [-0.4, -0.2) is 25.0 Å². The molecule has 5 rings (SSSR count). The SMILES string of the molecule is Fc1ccccc1-n1c(SCc2nnc(Cc3ccccc3)o2)nnc1-c1ccccc1Cl. The Morgan fingerprint density at radius 1 is 0.818 bits per heavy atom. The number of hydrogen-bond acceptors (Lipinski definition) is 6. The van der Waals surface area contributed by atoms with E-state index in [4.69, 9.17) is 16.0 Å². The second kappa shape index (κ2) is 9.56. The van der Waals surface area contributed by atoms with Crippen LogP contribution in [0.25, 0.3) is 17.1 Å². The van der Waals surface area contributed by atoms with Gasteiger partial charge in [0.1, 0.15) is 5.82 Å². The van der Waals surface area contributed by atoms with Gasteiger partial charge in [-0.25, -0.2) is 4.39 Å². The third-order valence-corrected chi connectivity index (χ3v) is 6.12. The fourth-order valence-electron chi connectivity index (χ4n) is 3.35. The minimum Gasteiger partial charge on any atom is -0.424 e. The first-order valence-electron chi connectivity index (χ1n) is 10.1. The number of rotatable bonds is 7. The molecular formula is C24H17ClFN5OS. The summed E-state index contributed by atoms with van der Waals surface area (Å²) in [5.74, 6) is 1.40. The van der Waals surface area contributed by atoms with Crippen molar-refractivity contribution in [1.82, 2.24) is 25.0 Å². The predicted molar refractivity (Wildman–Crippen MR) is 125 cm³/mol. The Morgan fingerprint density at radius 3 is 2.36 bits per heavy atom. The molecule has 0 aliphatic heterocycles. The molecule has 9 heteroatoms. The molecule has 0 radical (unpaired) electrons. The van der Waals surface area contributed by atoms with Crippen molar-refractivity contribution in [3.8, 4) is 17.1 Å². The zero-order chi connectivity index (χ0) is 22.6. The van der Waals surface area contributed by atoms with Crippen LogP contribution in [0.15, 0.2) is 88.4 Å². The maximum atomic E-state index is 14.7. The summed E-state index contributed by atoms with van der Waals surface area (Å²) in [5, 5.41) is 17.9. The van der Waals surface area contributed by atoms with E-state index in [-0.39, 0.29) is 0 Å². The van der Waals surface area contributed by atoms with Gasteiger partial charge in [0, 0.05) is 5.56 Å². The molecule has 0 N–H and O–H groups in total. The van der Waals surface area contributed by atoms with Gasteiger partial charge in [0.2, 0.25) is 11.8 Å². The number of aromatic nitrogens is 5. The summed E-state index contributed by atoms with van der Waals surface area (Å²) in [4.78, 5) is 0. The minimum absolute atomic E-state index is 0.329. The number of halogens is 2. The molecule has 2 heterocycles. The second-order valence-electron chi connectivity index (χ2n) is 7.11. The summed E-state index contributed by atoms with van der Waals surface area (Å²) < 4.78 is 22.2. The largest absolute Gasteiger partial charge is 0.424 e. The topological polar surface area (TPSA) is 69.6 Å². The molecule has 0 fully saturated rings. The zero-order valence-corrected chi connectivity index (χ0v) is 18.8. The molecule has 5 aromatic rings. The maximum Gasteiger partial charge on any atom is 0.226 e. The molecule has 0 spiro atoms. The third-order valence-electron chi connectivity index (χ3n) is 4.87. The van der Waals surface area contributed by atoms with Crippen LogP contribution in [0.1, 0.15) is 17.3 Å². The number of thioether (sulfide) groups is 1. The maximum absolute atomic E-state index is 14.7. The minimum atomic E-state index is -0.393. The molecule has 0 aliphatic rings. The van der Waals surface area contributed by atoms with Crippen LogP contribution in [0, 0.1) is 5.82 Å². The van der Waals surface area contributed by atoms with E-state index in [0.29, 0.717) is 51.2 Å². The van der Waals surface area contributed by atoms with Gasteiger partial charge in [-0.1, -0.05) is 78.0 Å². The van der Waals surface area contributed by atoms with Crippen molar-refractivity contribution >= 4 is 23.4 Å². The van der Waals surface area contributed by atoms with Crippen molar-refractivity contribution in [2.45, 2.75) is 17.3 Å². The van der Waals surface area contributed by atoms with Crippen LogP contribution in [0.4, 0.5) is 4.39 Å². The van der Waals surface area contributed by atoms with E-state index >= 15 is 0 Å². The second-order valence-corrected chi connectivity index (χ2v) is 8.46. The van der Waals surface area contributed by atoms with Crippen molar-refractivity contribution in [3.05, 3.63) is 107 Å². The first-order valence-corrected chi connectivity index (χ1v) is 11.5. The van der Waals surface area contributed by atoms with Crippen LogP contribution >= 0.6 is 23.4 Å². The molecule has 0 unspecified atom stereocenters. The van der Waals surface area contributed by atoms with Crippen molar-refractivity contribution in [3.63, 3.8) is 0 Å². The zero-order valence-electron chi connectivity index (χ0n) is 17.2. The van der Waals surface area contributed by atoms with Crippen molar-refractivity contribution in [2.24, 2.45) is 0 Å². The van der Waals surface area contributed by atoms with Crippen LogP contribution < -0.4 is 0 Å². The highest BCUT2D eigenvalue weighted by molar-refractivity contribution is 7.98. The van der Waals surface area contributed by atoms with Gasteiger partial charge in [-0.3, -0.25) is 4.57 Å². The van der Waals surface area contributed by atoms with Gasteiger partial charge >= 0.3 is 0 Å². The van der Waals surface area contributed by atoms with E-state index in [1.54, 1.807) is 28.8 Å². The Kier molecular flexibility index (Phi) is 6.19. The molecule has 0 aliphatic carbocycles. The van der Waals surface area contributed by atoms with Crippen molar-refractivity contribution < 1.29 is 8.81 Å². The molecule has 6 nitrogen and oxygen atoms in total. The van der Waals surface area contributed by atoms with Gasteiger partial charge in [0.05, 0.1) is 22.9 Å². The normalized spacial score (nSPS) is 11.1. The van der Waals surface area contributed by atoms with E-state index in [9.17, 15) is 4.39 Å². The average Bonchev–Trinajstić information content (AvgIpc) is 3.46. The van der Waals surface area contributed by atoms with Crippen molar-refractivity contribution in [2.75, 3.05) is 0 Å². The van der Waals surface area contributed by atoms with E-state index in [1.165, 1.54) is 17.8 Å². The summed E-state index contributed by atoms with van der Waals surface area (Å²) in [7, 11) is 0. The van der Waals surface area contributed by atoms with Crippen molar-refractivity contribution in [1.29, 1.82) is 0 Å². The Bertz CT molecular complexity index is 1390. The predicted octanol–water partition coefficient (Wildman–Crippen LogP) is 5.99. The molecule has 2 aromatic heterocycles. The third kappa shape index (κ3) is 4.67. The Hall–Kier alpha value is -3.49. The molecule has 0 saturated carbocycles. The lowest BCUT2D eigenvalue weighted by atomic mass is 10.2. The van der Waals surface area contributed by atoms with Crippen LogP contribution in [0.2, 0.25) is 5.02 Å². The van der Waals surface area contributed by atoms with Crippen LogP contribution in [0.3, 0.4) is 0 Å². The molecule has 3 aromatic carbocycles. The lowest BCUT2D eigenvalue weighted by Crippen LogP contribution is -2.02. The van der Waals surface area contributed by atoms with Gasteiger partial charge < -0.3 is 4.42 Å². The first kappa shape index (κ1) is 21.4. The summed E-state index contributed by atoms with van der Waals surface area (Å²) in [6, 6.07) is 23.6. The molecule has 33 heavy (non-hydrogen) atoms. The van der Waals surface area contributed by atoms with Gasteiger partial charge in [0.25, 0.3) is 0 Å². The molecule has 164 valence electrons. The Balaban J connectivity index is 1.43. The Morgan fingerprint density at radius 2 is 1.55 bits per heavy atom. The van der Waals surface area contributed by atoms with Crippen LogP contribution in [0.5, 0.6) is 0 Å². The number of hydrogen-bond donors (Lipinski definition) is 0.